The van der Waals surface area contributed by atoms with Crippen LogP contribution < -0.4 is 0 Å². The van der Waals surface area contributed by atoms with Crippen molar-refractivity contribution < 1.29 is 5.11 Å². The molecule has 152 valence electrons. The van der Waals surface area contributed by atoms with Crippen molar-refractivity contribution in [2.75, 3.05) is 26.2 Å². The second-order valence-corrected chi connectivity index (χ2v) is 7.92. The predicted molar refractivity (Wildman–Crippen MR) is 116 cm³/mol. The summed E-state index contributed by atoms with van der Waals surface area (Å²) in [5, 5.41) is 13.9. The number of aromatic nitrogens is 2. The smallest absolute Gasteiger partial charge is 0.0648 e. The molecule has 2 heterocycles. The fraction of sp³-hybridized carbons (Fsp3) is 0.375. The van der Waals surface area contributed by atoms with Gasteiger partial charge in [0.05, 0.1) is 5.69 Å². The van der Waals surface area contributed by atoms with Crippen molar-refractivity contribution in [1.29, 1.82) is 0 Å². The molecular weight excluding hydrogens is 360 g/mol. The molecule has 0 amide bonds. The van der Waals surface area contributed by atoms with Gasteiger partial charge in [-0.25, -0.2) is 4.68 Å². The zero-order valence-electron chi connectivity index (χ0n) is 17.1. The van der Waals surface area contributed by atoms with Crippen molar-refractivity contribution in [3.05, 3.63) is 83.7 Å². The Bertz CT molecular complexity index is 895. The molecule has 0 spiro atoms. The summed E-state index contributed by atoms with van der Waals surface area (Å²) in [6.07, 6.45) is 4.60. The van der Waals surface area contributed by atoms with E-state index < -0.39 is 0 Å². The fourth-order valence-electron chi connectivity index (χ4n) is 4.21. The van der Waals surface area contributed by atoms with Crippen LogP contribution in [-0.4, -0.2) is 57.0 Å². The Hall–Kier alpha value is -2.47. The van der Waals surface area contributed by atoms with Crippen LogP contribution in [0.15, 0.2) is 67.0 Å². The van der Waals surface area contributed by atoms with Crippen molar-refractivity contribution in [3.63, 3.8) is 0 Å². The number of hydrogen-bond acceptors (Lipinski definition) is 4. The van der Waals surface area contributed by atoms with Gasteiger partial charge in [-0.2, -0.15) is 5.10 Å². The predicted octanol–water partition coefficient (Wildman–Crippen LogP) is 3.25. The largest absolute Gasteiger partial charge is 0.396 e. The van der Waals surface area contributed by atoms with Crippen molar-refractivity contribution in [2.24, 2.45) is 0 Å². The monoisotopic (exact) mass is 390 g/mol. The number of benzene rings is 2. The number of rotatable bonds is 7. The van der Waals surface area contributed by atoms with Crippen molar-refractivity contribution >= 4 is 0 Å². The molecule has 1 aliphatic rings. The van der Waals surface area contributed by atoms with Gasteiger partial charge in [0.15, 0.2) is 0 Å². The number of aryl methyl sites for hydroxylation is 1. The maximum Gasteiger partial charge on any atom is 0.0648 e. The first-order chi connectivity index (χ1) is 14.2. The van der Waals surface area contributed by atoms with Crippen LogP contribution in [0.4, 0.5) is 0 Å². The summed E-state index contributed by atoms with van der Waals surface area (Å²) in [6, 6.07) is 19.5. The van der Waals surface area contributed by atoms with Crippen LogP contribution in [0.1, 0.15) is 23.1 Å². The number of hydrogen-bond donors (Lipinski definition) is 1. The van der Waals surface area contributed by atoms with Gasteiger partial charge in [-0.3, -0.25) is 9.80 Å². The van der Waals surface area contributed by atoms with Gasteiger partial charge >= 0.3 is 0 Å². The topological polar surface area (TPSA) is 44.5 Å². The molecule has 0 aliphatic carbocycles. The Kier molecular flexibility index (Phi) is 6.39. The van der Waals surface area contributed by atoms with E-state index in [0.29, 0.717) is 6.04 Å². The summed E-state index contributed by atoms with van der Waals surface area (Å²) in [5.41, 5.74) is 5.10. The molecule has 0 saturated carbocycles. The van der Waals surface area contributed by atoms with Gasteiger partial charge in [0.2, 0.25) is 0 Å². The first-order valence-electron chi connectivity index (χ1n) is 10.4. The summed E-state index contributed by atoms with van der Waals surface area (Å²) in [5.74, 6) is 0. The second kappa shape index (κ2) is 9.35. The van der Waals surface area contributed by atoms with E-state index in [4.69, 9.17) is 0 Å². The molecule has 29 heavy (non-hydrogen) atoms. The van der Waals surface area contributed by atoms with Gasteiger partial charge < -0.3 is 5.11 Å². The third-order valence-corrected chi connectivity index (χ3v) is 5.87. The van der Waals surface area contributed by atoms with Gasteiger partial charge in [-0.05, 0) is 48.2 Å². The van der Waals surface area contributed by atoms with Gasteiger partial charge in [0, 0.05) is 57.8 Å². The molecule has 5 heteroatoms. The van der Waals surface area contributed by atoms with E-state index in [1.807, 2.05) is 16.9 Å². The summed E-state index contributed by atoms with van der Waals surface area (Å²) < 4.78 is 1.90. The minimum atomic E-state index is 0.237. The van der Waals surface area contributed by atoms with E-state index in [1.54, 1.807) is 6.20 Å². The molecule has 1 N–H and O–H groups in total. The Balaban J connectivity index is 1.41. The summed E-state index contributed by atoms with van der Waals surface area (Å²) >= 11 is 0. The van der Waals surface area contributed by atoms with Crippen LogP contribution >= 0.6 is 0 Å². The summed E-state index contributed by atoms with van der Waals surface area (Å²) in [6.45, 7) is 7.40. The van der Waals surface area contributed by atoms with E-state index in [0.717, 1.165) is 44.8 Å². The maximum absolute atomic E-state index is 9.59. The number of aliphatic hydroxyl groups is 1. The summed E-state index contributed by atoms with van der Waals surface area (Å²) in [7, 11) is 0. The summed E-state index contributed by atoms with van der Waals surface area (Å²) in [4.78, 5) is 5.05. The molecule has 0 radical (unpaired) electrons. The molecule has 1 aromatic heterocycles. The van der Waals surface area contributed by atoms with Crippen LogP contribution in [0.2, 0.25) is 0 Å². The van der Waals surface area contributed by atoms with E-state index in [-0.39, 0.29) is 6.61 Å². The molecule has 1 fully saturated rings. The first kappa shape index (κ1) is 19.8. The second-order valence-electron chi connectivity index (χ2n) is 7.92. The first-order valence-corrected chi connectivity index (χ1v) is 10.4. The van der Waals surface area contributed by atoms with Gasteiger partial charge in [-0.1, -0.05) is 36.4 Å². The Labute approximate surface area is 173 Å². The molecule has 0 unspecified atom stereocenters. The number of aliphatic hydroxyl groups excluding tert-OH is 1. The lowest BCUT2D eigenvalue weighted by molar-refractivity contribution is 0.0499. The minimum absolute atomic E-state index is 0.237. The highest BCUT2D eigenvalue weighted by molar-refractivity contribution is 5.39. The van der Waals surface area contributed by atoms with Crippen LogP contribution in [0.5, 0.6) is 0 Å². The van der Waals surface area contributed by atoms with Crippen LogP contribution in [0, 0.1) is 6.92 Å². The Morgan fingerprint density at radius 3 is 2.62 bits per heavy atom. The molecule has 5 nitrogen and oxygen atoms in total. The van der Waals surface area contributed by atoms with E-state index in [2.05, 4.69) is 70.4 Å². The van der Waals surface area contributed by atoms with E-state index in [9.17, 15) is 5.11 Å². The van der Waals surface area contributed by atoms with Crippen molar-refractivity contribution in [2.45, 2.75) is 32.5 Å². The van der Waals surface area contributed by atoms with E-state index >= 15 is 0 Å². The lowest BCUT2D eigenvalue weighted by atomic mass is 10.0. The van der Waals surface area contributed by atoms with Crippen molar-refractivity contribution in [1.82, 2.24) is 19.6 Å². The number of piperazine rings is 1. The molecule has 1 aliphatic heterocycles. The van der Waals surface area contributed by atoms with Crippen LogP contribution in [-0.2, 0) is 13.1 Å². The highest BCUT2D eigenvalue weighted by Crippen LogP contribution is 2.21. The average Bonchev–Trinajstić information content (AvgIpc) is 3.27. The zero-order chi connectivity index (χ0) is 20.1. The zero-order valence-corrected chi connectivity index (χ0v) is 17.1. The van der Waals surface area contributed by atoms with Crippen molar-refractivity contribution in [3.8, 4) is 5.69 Å². The molecule has 1 atom stereocenters. The third-order valence-electron chi connectivity index (χ3n) is 5.87. The minimum Gasteiger partial charge on any atom is -0.396 e. The van der Waals surface area contributed by atoms with Gasteiger partial charge in [-0.15, -0.1) is 0 Å². The molecule has 4 rings (SSSR count). The van der Waals surface area contributed by atoms with Gasteiger partial charge in [0.1, 0.15) is 0 Å². The maximum atomic E-state index is 9.59. The molecule has 1 saturated heterocycles. The Morgan fingerprint density at radius 2 is 1.90 bits per heavy atom. The molecule has 3 aromatic rings. The number of nitrogens with zero attached hydrogens (tertiary/aromatic N) is 4. The molecule has 2 aromatic carbocycles. The standard InChI is InChI=1S/C24H30N4O/c1-20-16-23(28-12-5-11-25-28)9-8-22(20)18-26-13-14-27(24(19-26)10-15-29)17-21-6-3-2-4-7-21/h2-9,11-12,16,24,29H,10,13-15,17-19H2,1H3/t24-/m1/s1. The fourth-order valence-corrected chi connectivity index (χ4v) is 4.21. The normalized spacial score (nSPS) is 18.2. The Morgan fingerprint density at radius 1 is 1.03 bits per heavy atom. The lowest BCUT2D eigenvalue weighted by Crippen LogP contribution is -2.52. The van der Waals surface area contributed by atoms with Crippen LogP contribution in [0.25, 0.3) is 5.69 Å². The highest BCUT2D eigenvalue weighted by Gasteiger charge is 2.26. The highest BCUT2D eigenvalue weighted by atomic mass is 16.3. The third kappa shape index (κ3) is 4.93. The van der Waals surface area contributed by atoms with Gasteiger partial charge in [0.25, 0.3) is 0 Å². The quantitative estimate of drug-likeness (QED) is 0.673. The average molecular weight is 391 g/mol. The SMILES string of the molecule is Cc1cc(-n2cccn2)ccc1CN1CCN(Cc2ccccc2)[C@H](CCO)C1. The van der Waals surface area contributed by atoms with E-state index in [1.165, 1.54) is 16.7 Å². The molecular formula is C24H30N4O. The van der Waals surface area contributed by atoms with Crippen LogP contribution in [0.3, 0.4) is 0 Å². The molecule has 0 bridgehead atoms. The lowest BCUT2D eigenvalue weighted by Gasteiger charge is -2.41.